The lowest BCUT2D eigenvalue weighted by atomic mass is 9.94. The minimum absolute atomic E-state index is 0.894. The molecule has 0 radical (unpaired) electrons. The second-order valence-electron chi connectivity index (χ2n) is 5.26. The topological polar surface area (TPSA) is 27.1 Å². The maximum absolute atomic E-state index is 5.39. The Bertz CT molecular complexity index is 383. The Hall–Kier alpha value is -0.350. The van der Waals surface area contributed by atoms with E-state index in [-0.39, 0.29) is 0 Å². The van der Waals surface area contributed by atoms with E-state index in [1.54, 1.807) is 0 Å². The van der Waals surface area contributed by atoms with E-state index >= 15 is 0 Å². The fourth-order valence-corrected chi connectivity index (χ4v) is 2.91. The van der Waals surface area contributed by atoms with Crippen LogP contribution in [-0.2, 0) is 11.3 Å². The average molecular weight is 315 g/mol. The van der Waals surface area contributed by atoms with Gasteiger partial charge in [-0.15, -0.1) is 0 Å². The van der Waals surface area contributed by atoms with Gasteiger partial charge in [-0.25, -0.2) is 0 Å². The first-order valence-corrected chi connectivity index (χ1v) is 7.75. The van der Waals surface area contributed by atoms with E-state index in [1.165, 1.54) is 37.8 Å². The summed E-state index contributed by atoms with van der Waals surface area (Å²) >= 11 is 3.57. The summed E-state index contributed by atoms with van der Waals surface area (Å²) in [6.07, 6.45) is 6.40. The van der Waals surface area contributed by atoms with Crippen molar-refractivity contribution in [2.75, 3.05) is 13.2 Å². The summed E-state index contributed by atoms with van der Waals surface area (Å²) in [5, 5.41) is 4.54. The Morgan fingerprint density at radius 1 is 1.28 bits per heavy atom. The molecule has 4 heteroatoms. The number of hydrogen-bond acceptors (Lipinski definition) is 2. The molecule has 1 aliphatic heterocycles. The first-order chi connectivity index (χ1) is 8.68. The van der Waals surface area contributed by atoms with Crippen molar-refractivity contribution in [3.63, 3.8) is 0 Å². The minimum Gasteiger partial charge on any atom is -0.381 e. The van der Waals surface area contributed by atoms with Gasteiger partial charge in [-0.2, -0.15) is 5.10 Å². The third-order valence-corrected chi connectivity index (χ3v) is 5.01. The number of ether oxygens (including phenoxy) is 1. The molecule has 0 unspecified atom stereocenters. The van der Waals surface area contributed by atoms with E-state index in [9.17, 15) is 0 Å². The van der Waals surface area contributed by atoms with E-state index < -0.39 is 0 Å². The second kappa shape index (κ2) is 6.71. The highest BCUT2D eigenvalue weighted by molar-refractivity contribution is 9.10. The Labute approximate surface area is 118 Å². The molecular weight excluding hydrogens is 292 g/mol. The van der Waals surface area contributed by atoms with Crippen molar-refractivity contribution in [3.8, 4) is 0 Å². The van der Waals surface area contributed by atoms with Gasteiger partial charge in [0.15, 0.2) is 0 Å². The van der Waals surface area contributed by atoms with Gasteiger partial charge >= 0.3 is 0 Å². The van der Waals surface area contributed by atoms with Crippen LogP contribution in [0.25, 0.3) is 0 Å². The van der Waals surface area contributed by atoms with E-state index in [4.69, 9.17) is 4.74 Å². The van der Waals surface area contributed by atoms with Gasteiger partial charge in [-0.05, 0) is 55.0 Å². The molecule has 0 aliphatic carbocycles. The Morgan fingerprint density at radius 2 is 2.00 bits per heavy atom. The van der Waals surface area contributed by atoms with Gasteiger partial charge < -0.3 is 4.74 Å². The van der Waals surface area contributed by atoms with Crippen LogP contribution in [0, 0.1) is 19.8 Å². The van der Waals surface area contributed by atoms with Gasteiger partial charge in [0, 0.05) is 25.5 Å². The first kappa shape index (κ1) is 14.1. The lowest BCUT2D eigenvalue weighted by molar-refractivity contribution is 0.0630. The van der Waals surface area contributed by atoms with Crippen LogP contribution in [-0.4, -0.2) is 23.0 Å². The number of aromatic nitrogens is 2. The van der Waals surface area contributed by atoms with Gasteiger partial charge in [-0.3, -0.25) is 4.68 Å². The third-order valence-electron chi connectivity index (χ3n) is 3.87. The second-order valence-corrected chi connectivity index (χ2v) is 6.05. The van der Waals surface area contributed by atoms with Crippen LogP contribution < -0.4 is 0 Å². The molecule has 0 amide bonds. The minimum atomic E-state index is 0.894. The van der Waals surface area contributed by atoms with Gasteiger partial charge in [0.05, 0.1) is 10.2 Å². The molecular formula is C14H23BrN2O. The lowest BCUT2D eigenvalue weighted by Crippen LogP contribution is -2.15. The average Bonchev–Trinajstić information content (AvgIpc) is 2.64. The highest BCUT2D eigenvalue weighted by Gasteiger charge is 2.13. The van der Waals surface area contributed by atoms with E-state index in [0.717, 1.165) is 35.8 Å². The summed E-state index contributed by atoms with van der Waals surface area (Å²) in [7, 11) is 0. The summed E-state index contributed by atoms with van der Waals surface area (Å²) in [6.45, 7) is 7.16. The number of nitrogens with zero attached hydrogens (tertiary/aromatic N) is 2. The molecule has 0 N–H and O–H groups in total. The van der Waals surface area contributed by atoms with Gasteiger partial charge in [-0.1, -0.05) is 12.8 Å². The number of unbranched alkanes of at least 4 members (excludes halogenated alkanes) is 1. The van der Waals surface area contributed by atoms with Crippen molar-refractivity contribution in [2.45, 2.75) is 52.5 Å². The Kier molecular flexibility index (Phi) is 5.25. The molecule has 0 saturated carbocycles. The van der Waals surface area contributed by atoms with E-state index in [1.807, 2.05) is 0 Å². The zero-order valence-electron chi connectivity index (χ0n) is 11.4. The molecule has 2 heterocycles. The van der Waals surface area contributed by atoms with E-state index in [2.05, 4.69) is 39.6 Å². The Balaban J connectivity index is 1.70. The van der Waals surface area contributed by atoms with Gasteiger partial charge in [0.25, 0.3) is 0 Å². The summed E-state index contributed by atoms with van der Waals surface area (Å²) in [5.41, 5.74) is 2.34. The highest BCUT2D eigenvalue weighted by atomic mass is 79.9. The molecule has 0 aromatic carbocycles. The quantitative estimate of drug-likeness (QED) is 0.772. The summed E-state index contributed by atoms with van der Waals surface area (Å²) in [4.78, 5) is 0. The third kappa shape index (κ3) is 3.58. The molecule has 18 heavy (non-hydrogen) atoms. The van der Waals surface area contributed by atoms with Gasteiger partial charge in [0.1, 0.15) is 0 Å². The zero-order valence-corrected chi connectivity index (χ0v) is 13.0. The molecule has 102 valence electrons. The molecule has 1 aromatic rings. The van der Waals surface area contributed by atoms with Crippen molar-refractivity contribution in [1.29, 1.82) is 0 Å². The molecule has 0 spiro atoms. The summed E-state index contributed by atoms with van der Waals surface area (Å²) in [6, 6.07) is 0. The fraction of sp³-hybridized carbons (Fsp3) is 0.786. The molecule has 1 aromatic heterocycles. The molecule has 1 saturated heterocycles. The molecule has 0 bridgehead atoms. The largest absolute Gasteiger partial charge is 0.381 e. The predicted octanol–water partition coefficient (Wildman–Crippen LogP) is 3.86. The summed E-state index contributed by atoms with van der Waals surface area (Å²) < 4.78 is 8.68. The van der Waals surface area contributed by atoms with Crippen LogP contribution >= 0.6 is 15.9 Å². The molecule has 0 atom stereocenters. The van der Waals surface area contributed by atoms with Gasteiger partial charge in [0.2, 0.25) is 0 Å². The molecule has 2 rings (SSSR count). The van der Waals surface area contributed by atoms with Crippen LogP contribution in [0.2, 0.25) is 0 Å². The number of halogens is 1. The van der Waals surface area contributed by atoms with Crippen molar-refractivity contribution in [1.82, 2.24) is 9.78 Å². The van der Waals surface area contributed by atoms with E-state index in [0.29, 0.717) is 0 Å². The van der Waals surface area contributed by atoms with Crippen molar-refractivity contribution >= 4 is 15.9 Å². The molecule has 3 nitrogen and oxygen atoms in total. The monoisotopic (exact) mass is 314 g/mol. The van der Waals surface area contributed by atoms with Crippen LogP contribution in [0.3, 0.4) is 0 Å². The lowest BCUT2D eigenvalue weighted by Gasteiger charge is -2.21. The standard InChI is InChI=1S/C14H23BrN2O/c1-11-14(15)12(2)17(16-11)8-4-3-5-13-6-9-18-10-7-13/h13H,3-10H2,1-2H3. The molecule has 1 fully saturated rings. The highest BCUT2D eigenvalue weighted by Crippen LogP contribution is 2.22. The summed E-state index contributed by atoms with van der Waals surface area (Å²) in [5.74, 6) is 0.894. The maximum atomic E-state index is 5.39. The Morgan fingerprint density at radius 3 is 2.61 bits per heavy atom. The maximum Gasteiger partial charge on any atom is 0.0738 e. The predicted molar refractivity (Wildman–Crippen MR) is 76.8 cm³/mol. The first-order valence-electron chi connectivity index (χ1n) is 6.95. The smallest absolute Gasteiger partial charge is 0.0738 e. The number of rotatable bonds is 5. The number of hydrogen-bond donors (Lipinski definition) is 0. The molecule has 1 aliphatic rings. The zero-order chi connectivity index (χ0) is 13.0. The van der Waals surface area contributed by atoms with Crippen molar-refractivity contribution in [3.05, 3.63) is 15.9 Å². The van der Waals surface area contributed by atoms with Crippen LogP contribution in [0.15, 0.2) is 4.47 Å². The SMILES string of the molecule is Cc1nn(CCCCC2CCOCC2)c(C)c1Br. The number of aryl methyl sites for hydroxylation is 2. The van der Waals surface area contributed by atoms with Crippen molar-refractivity contribution in [2.24, 2.45) is 5.92 Å². The van der Waals surface area contributed by atoms with Crippen LogP contribution in [0.1, 0.15) is 43.5 Å². The van der Waals surface area contributed by atoms with Crippen LogP contribution in [0.5, 0.6) is 0 Å². The normalized spacial score (nSPS) is 17.3. The fourth-order valence-electron chi connectivity index (χ4n) is 2.62. The van der Waals surface area contributed by atoms with Crippen molar-refractivity contribution < 1.29 is 4.74 Å². The van der Waals surface area contributed by atoms with Crippen LogP contribution in [0.4, 0.5) is 0 Å².